The predicted octanol–water partition coefficient (Wildman–Crippen LogP) is 3.73. The number of anilines is 1. The monoisotopic (exact) mass is 323 g/mol. The summed E-state index contributed by atoms with van der Waals surface area (Å²) in [5.41, 5.74) is 2.85. The van der Waals surface area contributed by atoms with E-state index < -0.39 is 0 Å². The third kappa shape index (κ3) is 3.94. The first kappa shape index (κ1) is 16.5. The first-order chi connectivity index (χ1) is 11.6. The maximum Gasteiger partial charge on any atom is 0.251 e. The van der Waals surface area contributed by atoms with Crippen molar-refractivity contribution in [2.24, 2.45) is 5.92 Å². The highest BCUT2D eigenvalue weighted by Gasteiger charge is 2.13. The molecule has 1 aromatic heterocycles. The van der Waals surface area contributed by atoms with E-state index in [1.54, 1.807) is 0 Å². The minimum absolute atomic E-state index is 0.0160. The molecule has 4 heteroatoms. The van der Waals surface area contributed by atoms with Gasteiger partial charge in [-0.15, -0.1) is 0 Å². The fourth-order valence-electron chi connectivity index (χ4n) is 2.90. The second kappa shape index (κ2) is 7.47. The summed E-state index contributed by atoms with van der Waals surface area (Å²) < 4.78 is 0. The van der Waals surface area contributed by atoms with Gasteiger partial charge < -0.3 is 10.2 Å². The summed E-state index contributed by atoms with van der Waals surface area (Å²) in [7, 11) is 0. The number of aromatic nitrogens is 1. The summed E-state index contributed by atoms with van der Waals surface area (Å²) in [5.74, 6) is 1.49. The van der Waals surface area contributed by atoms with Crippen LogP contribution in [0.15, 0.2) is 42.6 Å². The minimum atomic E-state index is -0.0160. The van der Waals surface area contributed by atoms with E-state index in [-0.39, 0.29) is 5.91 Å². The number of benzene rings is 1. The van der Waals surface area contributed by atoms with Crippen molar-refractivity contribution >= 4 is 11.7 Å². The lowest BCUT2D eigenvalue weighted by Crippen LogP contribution is -2.27. The van der Waals surface area contributed by atoms with Gasteiger partial charge in [-0.1, -0.05) is 26.0 Å². The number of nitrogens with zero attached hydrogens (tertiary/aromatic N) is 2. The van der Waals surface area contributed by atoms with Crippen LogP contribution in [0.2, 0.25) is 0 Å². The van der Waals surface area contributed by atoms with Crippen molar-refractivity contribution in [1.29, 1.82) is 0 Å². The first-order valence-electron chi connectivity index (χ1n) is 8.73. The second-order valence-electron chi connectivity index (χ2n) is 6.78. The Morgan fingerprint density at radius 3 is 2.33 bits per heavy atom. The van der Waals surface area contributed by atoms with Crippen molar-refractivity contribution in [1.82, 2.24) is 10.3 Å². The number of nitrogens with one attached hydrogen (secondary N) is 1. The van der Waals surface area contributed by atoms with Gasteiger partial charge in [0.15, 0.2) is 0 Å². The van der Waals surface area contributed by atoms with Crippen molar-refractivity contribution in [2.45, 2.75) is 26.7 Å². The van der Waals surface area contributed by atoms with Gasteiger partial charge in [0.2, 0.25) is 0 Å². The van der Waals surface area contributed by atoms with Gasteiger partial charge in [-0.3, -0.25) is 4.79 Å². The summed E-state index contributed by atoms with van der Waals surface area (Å²) in [6.07, 6.45) is 4.43. The minimum Gasteiger partial charge on any atom is -0.357 e. The molecule has 0 spiro atoms. The Morgan fingerprint density at radius 1 is 1.08 bits per heavy atom. The van der Waals surface area contributed by atoms with E-state index >= 15 is 0 Å². The predicted molar refractivity (Wildman–Crippen MR) is 98.3 cm³/mol. The molecule has 0 aliphatic carbocycles. The molecule has 1 N–H and O–H groups in total. The Labute approximate surface area is 143 Å². The zero-order chi connectivity index (χ0) is 16.9. The SMILES string of the molecule is CC(C)CNC(=O)c1ccc(-c2ccc(N3CCCC3)nc2)cc1. The van der Waals surface area contributed by atoms with Crippen LogP contribution < -0.4 is 10.2 Å². The van der Waals surface area contributed by atoms with E-state index in [2.05, 4.69) is 41.2 Å². The molecule has 2 aromatic rings. The molecule has 2 heterocycles. The molecule has 4 nitrogen and oxygen atoms in total. The van der Waals surface area contributed by atoms with Gasteiger partial charge >= 0.3 is 0 Å². The van der Waals surface area contributed by atoms with Crippen LogP contribution in [0.25, 0.3) is 11.1 Å². The lowest BCUT2D eigenvalue weighted by atomic mass is 10.1. The van der Waals surface area contributed by atoms with E-state index in [9.17, 15) is 4.79 Å². The molecule has 0 bridgehead atoms. The van der Waals surface area contributed by atoms with Crippen molar-refractivity contribution in [3.8, 4) is 11.1 Å². The zero-order valence-corrected chi connectivity index (χ0v) is 14.5. The maximum absolute atomic E-state index is 12.1. The topological polar surface area (TPSA) is 45.2 Å². The fraction of sp³-hybridized carbons (Fsp3) is 0.400. The molecule has 1 amide bonds. The maximum atomic E-state index is 12.1. The Balaban J connectivity index is 1.67. The van der Waals surface area contributed by atoms with Crippen LogP contribution in [0.5, 0.6) is 0 Å². The van der Waals surface area contributed by atoms with E-state index in [0.29, 0.717) is 18.0 Å². The molecule has 0 unspecified atom stereocenters. The standard InChI is InChI=1S/C20H25N3O/c1-15(2)13-22-20(24)17-7-5-16(6-8-17)18-9-10-19(21-14-18)23-11-3-4-12-23/h5-10,14-15H,3-4,11-13H2,1-2H3,(H,22,24). The van der Waals surface area contributed by atoms with Gasteiger partial charge in [-0.2, -0.15) is 0 Å². The van der Waals surface area contributed by atoms with Crippen molar-refractivity contribution < 1.29 is 4.79 Å². The molecule has 24 heavy (non-hydrogen) atoms. The van der Waals surface area contributed by atoms with Gasteiger partial charge in [0.05, 0.1) is 0 Å². The molecule has 0 atom stereocenters. The summed E-state index contributed by atoms with van der Waals surface area (Å²) in [5, 5.41) is 2.94. The number of amides is 1. The Hall–Kier alpha value is -2.36. The zero-order valence-electron chi connectivity index (χ0n) is 14.5. The molecular formula is C20H25N3O. The summed E-state index contributed by atoms with van der Waals surface area (Å²) in [4.78, 5) is 19.0. The molecule has 1 saturated heterocycles. The number of rotatable bonds is 5. The van der Waals surface area contributed by atoms with E-state index in [4.69, 9.17) is 0 Å². The largest absolute Gasteiger partial charge is 0.357 e. The molecule has 1 fully saturated rings. The van der Waals surface area contributed by atoms with Gasteiger partial charge in [0.25, 0.3) is 5.91 Å². The Kier molecular flexibility index (Phi) is 5.14. The number of carbonyl (C=O) groups is 1. The summed E-state index contributed by atoms with van der Waals surface area (Å²) >= 11 is 0. The Bertz CT molecular complexity index is 671. The highest BCUT2D eigenvalue weighted by molar-refractivity contribution is 5.94. The van der Waals surface area contributed by atoms with Gasteiger partial charge in [0.1, 0.15) is 5.82 Å². The van der Waals surface area contributed by atoms with Crippen molar-refractivity contribution in [2.75, 3.05) is 24.5 Å². The summed E-state index contributed by atoms with van der Waals surface area (Å²) in [6.45, 7) is 7.08. The van der Waals surface area contributed by atoms with Crippen LogP contribution in [-0.2, 0) is 0 Å². The van der Waals surface area contributed by atoms with Crippen LogP contribution in [-0.4, -0.2) is 30.5 Å². The highest BCUT2D eigenvalue weighted by atomic mass is 16.1. The normalized spacial score (nSPS) is 14.2. The van der Waals surface area contributed by atoms with Crippen LogP contribution >= 0.6 is 0 Å². The molecular weight excluding hydrogens is 298 g/mol. The second-order valence-corrected chi connectivity index (χ2v) is 6.78. The van der Waals surface area contributed by atoms with E-state index in [1.165, 1.54) is 12.8 Å². The third-order valence-electron chi connectivity index (χ3n) is 4.33. The smallest absolute Gasteiger partial charge is 0.251 e. The van der Waals surface area contributed by atoms with Gasteiger partial charge in [0, 0.05) is 37.0 Å². The Morgan fingerprint density at radius 2 is 1.75 bits per heavy atom. The molecule has 126 valence electrons. The number of hydrogen-bond donors (Lipinski definition) is 1. The summed E-state index contributed by atoms with van der Waals surface area (Å²) in [6, 6.07) is 11.9. The molecule has 0 saturated carbocycles. The third-order valence-corrected chi connectivity index (χ3v) is 4.33. The lowest BCUT2D eigenvalue weighted by molar-refractivity contribution is 0.0949. The van der Waals surface area contributed by atoms with E-state index in [0.717, 1.165) is 30.0 Å². The molecule has 0 radical (unpaired) electrons. The lowest BCUT2D eigenvalue weighted by Gasteiger charge is -2.16. The molecule has 1 aliphatic heterocycles. The van der Waals surface area contributed by atoms with Crippen molar-refractivity contribution in [3.63, 3.8) is 0 Å². The highest BCUT2D eigenvalue weighted by Crippen LogP contribution is 2.23. The number of hydrogen-bond acceptors (Lipinski definition) is 3. The fourth-order valence-corrected chi connectivity index (χ4v) is 2.90. The van der Waals surface area contributed by atoms with Crippen molar-refractivity contribution in [3.05, 3.63) is 48.2 Å². The number of pyridine rings is 1. The van der Waals surface area contributed by atoms with Crippen LogP contribution in [0.1, 0.15) is 37.0 Å². The first-order valence-corrected chi connectivity index (χ1v) is 8.73. The molecule has 1 aliphatic rings. The molecule has 1 aromatic carbocycles. The van der Waals surface area contributed by atoms with Crippen LogP contribution in [0.4, 0.5) is 5.82 Å². The van der Waals surface area contributed by atoms with Crippen LogP contribution in [0.3, 0.4) is 0 Å². The van der Waals surface area contributed by atoms with Gasteiger partial charge in [-0.05, 0) is 48.6 Å². The van der Waals surface area contributed by atoms with Gasteiger partial charge in [-0.25, -0.2) is 4.98 Å². The average molecular weight is 323 g/mol. The number of carbonyl (C=O) groups excluding carboxylic acids is 1. The average Bonchev–Trinajstić information content (AvgIpc) is 3.14. The molecule has 3 rings (SSSR count). The van der Waals surface area contributed by atoms with Crippen LogP contribution in [0, 0.1) is 5.92 Å². The van der Waals surface area contributed by atoms with E-state index in [1.807, 2.05) is 30.5 Å². The quantitative estimate of drug-likeness (QED) is 0.912.